The molecular formula is C11H12ClN3O. The number of anilines is 1. The number of H-pyrrole nitrogens is 1. The van der Waals surface area contributed by atoms with Crippen LogP contribution in [0.3, 0.4) is 0 Å². The first-order valence-corrected chi connectivity index (χ1v) is 5.18. The molecule has 0 aliphatic rings. The zero-order valence-electron chi connectivity index (χ0n) is 9.00. The van der Waals surface area contributed by atoms with Gasteiger partial charge in [0.05, 0.1) is 11.2 Å². The van der Waals surface area contributed by atoms with Gasteiger partial charge in [-0.1, -0.05) is 11.6 Å². The molecule has 0 spiro atoms. The SMILES string of the molecule is Cc1cc(O)c(Cl)c(C)c1-c1cn[nH]c1N. The summed E-state index contributed by atoms with van der Waals surface area (Å²) in [5.41, 5.74) is 9.20. The van der Waals surface area contributed by atoms with E-state index in [-0.39, 0.29) is 5.75 Å². The second-order valence-corrected chi connectivity index (χ2v) is 4.10. The van der Waals surface area contributed by atoms with E-state index >= 15 is 0 Å². The van der Waals surface area contributed by atoms with E-state index in [0.29, 0.717) is 10.8 Å². The Balaban J connectivity index is 2.76. The number of aromatic hydroxyl groups is 1. The molecule has 1 aromatic heterocycles. The molecule has 2 rings (SSSR count). The molecular weight excluding hydrogens is 226 g/mol. The highest BCUT2D eigenvalue weighted by Gasteiger charge is 2.15. The van der Waals surface area contributed by atoms with Crippen molar-refractivity contribution in [3.05, 3.63) is 28.4 Å². The Morgan fingerprint density at radius 1 is 1.44 bits per heavy atom. The number of hydrogen-bond acceptors (Lipinski definition) is 3. The van der Waals surface area contributed by atoms with Gasteiger partial charge in [0.15, 0.2) is 0 Å². The minimum Gasteiger partial charge on any atom is -0.506 e. The van der Waals surface area contributed by atoms with Crippen LogP contribution in [-0.4, -0.2) is 15.3 Å². The van der Waals surface area contributed by atoms with Crippen LogP contribution in [0.2, 0.25) is 5.02 Å². The quantitative estimate of drug-likeness (QED) is 0.714. The first kappa shape index (κ1) is 10.8. The van der Waals surface area contributed by atoms with Gasteiger partial charge in [-0.15, -0.1) is 0 Å². The zero-order chi connectivity index (χ0) is 11.9. The summed E-state index contributed by atoms with van der Waals surface area (Å²) in [4.78, 5) is 0. The molecule has 0 saturated heterocycles. The molecule has 4 N–H and O–H groups in total. The lowest BCUT2D eigenvalue weighted by atomic mass is 9.97. The molecule has 1 aromatic carbocycles. The van der Waals surface area contributed by atoms with Crippen LogP contribution in [0.4, 0.5) is 5.82 Å². The number of aromatic amines is 1. The van der Waals surface area contributed by atoms with Gasteiger partial charge in [0, 0.05) is 5.56 Å². The predicted octanol–water partition coefficient (Wildman–Crippen LogP) is 2.63. The number of benzene rings is 1. The lowest BCUT2D eigenvalue weighted by molar-refractivity contribution is 0.475. The molecule has 4 nitrogen and oxygen atoms in total. The molecule has 0 bridgehead atoms. The summed E-state index contributed by atoms with van der Waals surface area (Å²) in [7, 11) is 0. The van der Waals surface area contributed by atoms with Crippen molar-refractivity contribution >= 4 is 17.4 Å². The fourth-order valence-corrected chi connectivity index (χ4v) is 2.00. The molecule has 0 aliphatic carbocycles. The number of hydrogen-bond donors (Lipinski definition) is 3. The molecule has 1 heterocycles. The predicted molar refractivity (Wildman–Crippen MR) is 64.6 cm³/mol. The summed E-state index contributed by atoms with van der Waals surface area (Å²) in [6.07, 6.45) is 1.65. The molecule has 0 aliphatic heterocycles. The van der Waals surface area contributed by atoms with E-state index in [1.807, 2.05) is 13.8 Å². The van der Waals surface area contributed by atoms with Gasteiger partial charge < -0.3 is 10.8 Å². The molecule has 0 radical (unpaired) electrons. The van der Waals surface area contributed by atoms with Crippen molar-refractivity contribution in [3.8, 4) is 16.9 Å². The molecule has 0 atom stereocenters. The minimum atomic E-state index is 0.0856. The van der Waals surface area contributed by atoms with Crippen LogP contribution in [0.5, 0.6) is 5.75 Å². The number of nitrogen functional groups attached to an aromatic ring is 1. The molecule has 0 saturated carbocycles. The maximum absolute atomic E-state index is 9.59. The van der Waals surface area contributed by atoms with Crippen molar-refractivity contribution in [2.24, 2.45) is 0 Å². The topological polar surface area (TPSA) is 74.9 Å². The van der Waals surface area contributed by atoms with Gasteiger partial charge in [-0.3, -0.25) is 5.10 Å². The van der Waals surface area contributed by atoms with E-state index in [1.54, 1.807) is 12.3 Å². The third-order valence-electron chi connectivity index (χ3n) is 2.61. The Labute approximate surface area is 98.1 Å². The van der Waals surface area contributed by atoms with Crippen LogP contribution < -0.4 is 5.73 Å². The summed E-state index contributed by atoms with van der Waals surface area (Å²) in [5, 5.41) is 16.5. The maximum atomic E-state index is 9.59. The zero-order valence-corrected chi connectivity index (χ0v) is 9.76. The molecule has 16 heavy (non-hydrogen) atoms. The summed E-state index contributed by atoms with van der Waals surface area (Å²) >= 11 is 6.00. The summed E-state index contributed by atoms with van der Waals surface area (Å²) < 4.78 is 0. The number of nitrogens with two attached hydrogens (primary N) is 1. The molecule has 0 fully saturated rings. The molecule has 5 heteroatoms. The van der Waals surface area contributed by atoms with E-state index in [1.165, 1.54) is 0 Å². The lowest BCUT2D eigenvalue weighted by Gasteiger charge is -2.11. The molecule has 2 aromatic rings. The van der Waals surface area contributed by atoms with Gasteiger partial charge in [-0.2, -0.15) is 5.10 Å². The van der Waals surface area contributed by atoms with Crippen molar-refractivity contribution in [1.82, 2.24) is 10.2 Å². The van der Waals surface area contributed by atoms with Crippen molar-refractivity contribution in [1.29, 1.82) is 0 Å². The van der Waals surface area contributed by atoms with Gasteiger partial charge in [0.25, 0.3) is 0 Å². The van der Waals surface area contributed by atoms with Crippen LogP contribution in [-0.2, 0) is 0 Å². The van der Waals surface area contributed by atoms with Crippen molar-refractivity contribution in [2.75, 3.05) is 5.73 Å². The average molecular weight is 238 g/mol. The number of aromatic nitrogens is 2. The molecule has 0 amide bonds. The lowest BCUT2D eigenvalue weighted by Crippen LogP contribution is -1.93. The summed E-state index contributed by atoms with van der Waals surface area (Å²) in [6, 6.07) is 1.62. The normalized spacial score (nSPS) is 10.7. The van der Waals surface area contributed by atoms with Crippen LogP contribution in [0.15, 0.2) is 12.3 Å². The Morgan fingerprint density at radius 3 is 2.69 bits per heavy atom. The van der Waals surface area contributed by atoms with E-state index in [2.05, 4.69) is 10.2 Å². The Bertz CT molecular complexity index is 548. The first-order chi connectivity index (χ1) is 7.52. The maximum Gasteiger partial charge on any atom is 0.134 e. The number of nitrogens with one attached hydrogen (secondary N) is 1. The molecule has 0 unspecified atom stereocenters. The van der Waals surface area contributed by atoms with Crippen molar-refractivity contribution in [3.63, 3.8) is 0 Å². The first-order valence-electron chi connectivity index (χ1n) is 4.80. The number of phenols is 1. The van der Waals surface area contributed by atoms with Crippen molar-refractivity contribution in [2.45, 2.75) is 13.8 Å². The second-order valence-electron chi connectivity index (χ2n) is 3.72. The van der Waals surface area contributed by atoms with Crippen LogP contribution in [0.1, 0.15) is 11.1 Å². The van der Waals surface area contributed by atoms with Gasteiger partial charge in [0.2, 0.25) is 0 Å². The number of nitrogens with zero attached hydrogens (tertiary/aromatic N) is 1. The number of aryl methyl sites for hydroxylation is 1. The standard InChI is InChI=1S/C11H12ClN3O/c1-5-3-8(16)10(12)6(2)9(5)7-4-14-15-11(7)13/h3-4,16H,1-2H3,(H3,13,14,15). The summed E-state index contributed by atoms with van der Waals surface area (Å²) in [5.74, 6) is 0.579. The Morgan fingerprint density at radius 2 is 2.12 bits per heavy atom. The number of phenolic OH excluding ortho intramolecular Hbond substituents is 1. The second kappa shape index (κ2) is 3.72. The average Bonchev–Trinajstić information content (AvgIpc) is 2.62. The largest absolute Gasteiger partial charge is 0.506 e. The van der Waals surface area contributed by atoms with Crippen molar-refractivity contribution < 1.29 is 5.11 Å². The fraction of sp³-hybridized carbons (Fsp3) is 0.182. The van der Waals surface area contributed by atoms with Gasteiger partial charge >= 0.3 is 0 Å². The Hall–Kier alpha value is -1.68. The van der Waals surface area contributed by atoms with E-state index in [4.69, 9.17) is 17.3 Å². The third-order valence-corrected chi connectivity index (χ3v) is 3.09. The van der Waals surface area contributed by atoms with E-state index in [0.717, 1.165) is 22.3 Å². The number of halogens is 1. The Kier molecular flexibility index (Phi) is 2.52. The number of rotatable bonds is 1. The van der Waals surface area contributed by atoms with E-state index in [9.17, 15) is 5.11 Å². The highest BCUT2D eigenvalue weighted by Crippen LogP contribution is 2.38. The van der Waals surface area contributed by atoms with Crippen LogP contribution >= 0.6 is 11.6 Å². The van der Waals surface area contributed by atoms with Gasteiger partial charge in [-0.05, 0) is 36.6 Å². The monoisotopic (exact) mass is 237 g/mol. The smallest absolute Gasteiger partial charge is 0.134 e. The third kappa shape index (κ3) is 1.51. The van der Waals surface area contributed by atoms with Gasteiger partial charge in [-0.25, -0.2) is 0 Å². The highest BCUT2D eigenvalue weighted by atomic mass is 35.5. The highest BCUT2D eigenvalue weighted by molar-refractivity contribution is 6.33. The molecule has 84 valence electrons. The van der Waals surface area contributed by atoms with Crippen LogP contribution in [0, 0.1) is 13.8 Å². The summed E-state index contributed by atoms with van der Waals surface area (Å²) in [6.45, 7) is 3.74. The fourth-order valence-electron chi connectivity index (χ4n) is 1.85. The van der Waals surface area contributed by atoms with Gasteiger partial charge in [0.1, 0.15) is 11.6 Å². The van der Waals surface area contributed by atoms with Crippen LogP contribution in [0.25, 0.3) is 11.1 Å². The minimum absolute atomic E-state index is 0.0856. The van der Waals surface area contributed by atoms with E-state index < -0.39 is 0 Å².